The third-order valence-electron chi connectivity index (χ3n) is 2.21. The van der Waals surface area contributed by atoms with Crippen LogP contribution >= 0.6 is 11.3 Å². The van der Waals surface area contributed by atoms with E-state index in [0.29, 0.717) is 0 Å². The summed E-state index contributed by atoms with van der Waals surface area (Å²) in [7, 11) is 0. The molecule has 4 nitrogen and oxygen atoms in total. The summed E-state index contributed by atoms with van der Waals surface area (Å²) in [5, 5.41) is 5.34. The second-order valence-electron chi connectivity index (χ2n) is 3.33. The first-order valence-corrected chi connectivity index (χ1v) is 6.29. The first kappa shape index (κ1) is 11.3. The molecule has 1 N–H and O–H groups in total. The number of hydrogen-bond donors (Lipinski definition) is 1. The molecule has 0 unspecified atom stereocenters. The molecule has 0 bridgehead atoms. The lowest BCUT2D eigenvalue weighted by Crippen LogP contribution is -2.07. The van der Waals surface area contributed by atoms with Crippen molar-refractivity contribution in [1.82, 2.24) is 9.97 Å². The number of nitrogens with one attached hydrogen (secondary N) is 1. The molecular weight excluding hydrogens is 222 g/mol. The van der Waals surface area contributed by atoms with Gasteiger partial charge in [0.1, 0.15) is 12.1 Å². The Morgan fingerprint density at radius 2 is 2.38 bits per heavy atom. The topological polar surface area (TPSA) is 47.0 Å². The quantitative estimate of drug-likeness (QED) is 0.784. The maximum Gasteiger partial charge on any atom is 0.147 e. The molecule has 2 heterocycles. The van der Waals surface area contributed by atoms with Crippen LogP contribution in [0.5, 0.6) is 0 Å². The second-order valence-corrected chi connectivity index (χ2v) is 4.25. The van der Waals surface area contributed by atoms with Crippen LogP contribution in [0.1, 0.15) is 13.3 Å². The van der Waals surface area contributed by atoms with Gasteiger partial charge in [-0.3, -0.25) is 0 Å². The number of nitrogens with zero attached hydrogens (tertiary/aromatic N) is 2. The second kappa shape index (κ2) is 5.77. The maximum absolute atomic E-state index is 5.27. The largest absolute Gasteiger partial charge is 0.382 e. The standard InChI is InChI=1S/C11H15N3OS/c1-2-15-6-3-5-12-11-10-9(4-7-16-10)13-8-14-11/h4,7-8H,2-3,5-6H2,1H3,(H,12,13,14). The minimum Gasteiger partial charge on any atom is -0.382 e. The summed E-state index contributed by atoms with van der Waals surface area (Å²) in [5.74, 6) is 0.927. The van der Waals surface area contributed by atoms with Crippen LogP contribution < -0.4 is 5.32 Å². The molecule has 0 aromatic carbocycles. The van der Waals surface area contributed by atoms with Gasteiger partial charge in [0.15, 0.2) is 0 Å². The van der Waals surface area contributed by atoms with Crippen molar-refractivity contribution in [1.29, 1.82) is 0 Å². The van der Waals surface area contributed by atoms with Crippen LogP contribution in [0.4, 0.5) is 5.82 Å². The average Bonchev–Trinajstić information content (AvgIpc) is 2.77. The summed E-state index contributed by atoms with van der Waals surface area (Å²) in [6.45, 7) is 4.46. The molecule has 0 saturated carbocycles. The Labute approximate surface area is 98.7 Å². The zero-order valence-corrected chi connectivity index (χ0v) is 10.1. The van der Waals surface area contributed by atoms with Crippen LogP contribution in [0.3, 0.4) is 0 Å². The highest BCUT2D eigenvalue weighted by molar-refractivity contribution is 7.17. The fourth-order valence-electron chi connectivity index (χ4n) is 1.44. The highest BCUT2D eigenvalue weighted by Gasteiger charge is 2.03. The smallest absolute Gasteiger partial charge is 0.147 e. The molecule has 0 aliphatic rings. The van der Waals surface area contributed by atoms with Crippen LogP contribution in [0, 0.1) is 0 Å². The first-order chi connectivity index (χ1) is 7.92. The van der Waals surface area contributed by atoms with Crippen molar-refractivity contribution in [2.75, 3.05) is 25.1 Å². The molecular formula is C11H15N3OS. The van der Waals surface area contributed by atoms with Crippen molar-refractivity contribution < 1.29 is 4.74 Å². The summed E-state index contributed by atoms with van der Waals surface area (Å²) in [6, 6.07) is 2.01. The molecule has 2 aromatic heterocycles. The molecule has 2 rings (SSSR count). The van der Waals surface area contributed by atoms with Gasteiger partial charge >= 0.3 is 0 Å². The third kappa shape index (κ3) is 2.68. The Bertz CT molecular complexity index is 443. The van der Waals surface area contributed by atoms with Gasteiger partial charge in [-0.15, -0.1) is 11.3 Å². The van der Waals surface area contributed by atoms with Crippen LogP contribution in [0.25, 0.3) is 10.2 Å². The molecule has 0 saturated heterocycles. The van der Waals surface area contributed by atoms with Gasteiger partial charge in [-0.2, -0.15) is 0 Å². The van der Waals surface area contributed by atoms with Gasteiger partial charge in [0, 0.05) is 19.8 Å². The van der Waals surface area contributed by atoms with Crippen LogP contribution in [0.15, 0.2) is 17.8 Å². The number of rotatable bonds is 6. The van der Waals surface area contributed by atoms with Crippen LogP contribution in [-0.2, 0) is 4.74 Å². The lowest BCUT2D eigenvalue weighted by atomic mass is 10.4. The van der Waals surface area contributed by atoms with E-state index in [1.807, 2.05) is 18.4 Å². The molecule has 0 aliphatic carbocycles. The Hall–Kier alpha value is -1.20. The number of anilines is 1. The number of aromatic nitrogens is 2. The molecule has 5 heteroatoms. The molecule has 0 radical (unpaired) electrons. The average molecular weight is 237 g/mol. The van der Waals surface area contributed by atoms with Gasteiger partial charge in [0.2, 0.25) is 0 Å². The van der Waals surface area contributed by atoms with Gasteiger partial charge in [-0.1, -0.05) is 0 Å². The summed E-state index contributed by atoms with van der Waals surface area (Å²) < 4.78 is 6.40. The van der Waals surface area contributed by atoms with Crippen molar-refractivity contribution in [3.8, 4) is 0 Å². The van der Waals surface area contributed by atoms with Gasteiger partial charge in [-0.25, -0.2) is 9.97 Å². The predicted octanol–water partition coefficient (Wildman–Crippen LogP) is 2.53. The van der Waals surface area contributed by atoms with E-state index in [1.165, 1.54) is 0 Å². The number of fused-ring (bicyclic) bond motifs is 1. The highest BCUT2D eigenvalue weighted by atomic mass is 32.1. The lowest BCUT2D eigenvalue weighted by Gasteiger charge is -2.05. The summed E-state index contributed by atoms with van der Waals surface area (Å²) in [5.41, 5.74) is 1.01. The molecule has 86 valence electrons. The number of ether oxygens (including phenoxy) is 1. The van der Waals surface area contributed by atoms with Crippen LogP contribution in [0.2, 0.25) is 0 Å². The first-order valence-electron chi connectivity index (χ1n) is 5.41. The number of thiophene rings is 1. The fraction of sp³-hybridized carbons (Fsp3) is 0.455. The Morgan fingerprint density at radius 3 is 3.25 bits per heavy atom. The van der Waals surface area contributed by atoms with Crippen molar-refractivity contribution in [2.24, 2.45) is 0 Å². The Balaban J connectivity index is 1.91. The summed E-state index contributed by atoms with van der Waals surface area (Å²) in [6.07, 6.45) is 2.59. The maximum atomic E-state index is 5.27. The molecule has 0 spiro atoms. The minimum atomic E-state index is 0.780. The van der Waals surface area contributed by atoms with E-state index in [4.69, 9.17) is 4.74 Å². The number of hydrogen-bond acceptors (Lipinski definition) is 5. The molecule has 16 heavy (non-hydrogen) atoms. The van der Waals surface area contributed by atoms with E-state index in [2.05, 4.69) is 15.3 Å². The van der Waals surface area contributed by atoms with Crippen LogP contribution in [-0.4, -0.2) is 29.7 Å². The highest BCUT2D eigenvalue weighted by Crippen LogP contribution is 2.24. The lowest BCUT2D eigenvalue weighted by molar-refractivity contribution is 0.147. The fourth-order valence-corrected chi connectivity index (χ4v) is 2.25. The van der Waals surface area contributed by atoms with E-state index < -0.39 is 0 Å². The zero-order valence-electron chi connectivity index (χ0n) is 9.27. The van der Waals surface area contributed by atoms with Crippen molar-refractivity contribution in [3.63, 3.8) is 0 Å². The van der Waals surface area contributed by atoms with Gasteiger partial charge in [0.25, 0.3) is 0 Å². The molecule has 0 amide bonds. The third-order valence-corrected chi connectivity index (χ3v) is 3.12. The van der Waals surface area contributed by atoms with Crippen molar-refractivity contribution in [3.05, 3.63) is 17.8 Å². The van der Waals surface area contributed by atoms with Gasteiger partial charge < -0.3 is 10.1 Å². The Morgan fingerprint density at radius 1 is 1.44 bits per heavy atom. The van der Waals surface area contributed by atoms with E-state index >= 15 is 0 Å². The van der Waals surface area contributed by atoms with Crippen molar-refractivity contribution >= 4 is 27.4 Å². The summed E-state index contributed by atoms with van der Waals surface area (Å²) in [4.78, 5) is 8.44. The Kier molecular flexibility index (Phi) is 4.07. The van der Waals surface area contributed by atoms with E-state index in [0.717, 1.165) is 42.2 Å². The molecule has 0 atom stereocenters. The summed E-state index contributed by atoms with van der Waals surface area (Å²) >= 11 is 1.66. The predicted molar refractivity (Wildman–Crippen MR) is 67.0 cm³/mol. The van der Waals surface area contributed by atoms with E-state index in [1.54, 1.807) is 17.7 Å². The molecule has 2 aromatic rings. The van der Waals surface area contributed by atoms with E-state index in [-0.39, 0.29) is 0 Å². The SMILES string of the molecule is CCOCCCNc1ncnc2ccsc12. The van der Waals surface area contributed by atoms with Crippen molar-refractivity contribution in [2.45, 2.75) is 13.3 Å². The monoisotopic (exact) mass is 237 g/mol. The zero-order chi connectivity index (χ0) is 11.2. The van der Waals surface area contributed by atoms with Gasteiger partial charge in [-0.05, 0) is 24.8 Å². The minimum absolute atomic E-state index is 0.780. The van der Waals surface area contributed by atoms with E-state index in [9.17, 15) is 0 Å². The van der Waals surface area contributed by atoms with Gasteiger partial charge in [0.05, 0.1) is 10.2 Å². The normalized spacial score (nSPS) is 10.8. The molecule has 0 aliphatic heterocycles. The molecule has 0 fully saturated rings.